The number of aliphatic hydroxyl groups excluding tert-OH is 1. The highest BCUT2D eigenvalue weighted by Crippen LogP contribution is 2.39. The first-order chi connectivity index (χ1) is 18.2. The molecule has 2 aromatic heterocycles. The van der Waals surface area contributed by atoms with E-state index in [1.807, 2.05) is 4.90 Å². The van der Waals surface area contributed by atoms with Gasteiger partial charge in [0.1, 0.15) is 22.6 Å². The molecule has 1 unspecified atom stereocenters. The molecule has 206 valence electrons. The van der Waals surface area contributed by atoms with E-state index in [2.05, 4.69) is 4.98 Å². The summed E-state index contributed by atoms with van der Waals surface area (Å²) in [5.74, 6) is 0.882. The Hall–Kier alpha value is -2.35. The van der Waals surface area contributed by atoms with E-state index >= 15 is 0 Å². The maximum absolute atomic E-state index is 13.5. The minimum Gasteiger partial charge on any atom is -0.474 e. The molecule has 15 heteroatoms. The van der Waals surface area contributed by atoms with Crippen LogP contribution in [0.1, 0.15) is 16.4 Å². The number of hydrogen-bond donors (Lipinski definition) is 1. The number of nitro groups is 1. The molecule has 0 radical (unpaired) electrons. The van der Waals surface area contributed by atoms with E-state index < -0.39 is 20.3 Å². The molecule has 3 aromatic rings. The molecular formula is C23H24Cl3N3O7S2. The molecule has 0 saturated carbocycles. The first kappa shape index (κ1) is 30.2. The van der Waals surface area contributed by atoms with E-state index in [4.69, 9.17) is 48.8 Å². The second-order valence-electron chi connectivity index (χ2n) is 7.77. The number of rotatable bonds is 15. The van der Waals surface area contributed by atoms with Crippen molar-refractivity contribution < 1.29 is 27.4 Å². The molecule has 0 bridgehead atoms. The maximum Gasteiger partial charge on any atom is 0.328 e. The highest BCUT2D eigenvalue weighted by Gasteiger charge is 2.36. The molecule has 0 aliphatic heterocycles. The summed E-state index contributed by atoms with van der Waals surface area (Å²) in [4.78, 5) is 17.0. The van der Waals surface area contributed by atoms with Crippen LogP contribution in [0.4, 0.5) is 10.7 Å². The van der Waals surface area contributed by atoms with Crippen LogP contribution in [-0.2, 0) is 16.5 Å². The minimum atomic E-state index is -4.43. The Morgan fingerprint density at radius 2 is 1.84 bits per heavy atom. The van der Waals surface area contributed by atoms with Gasteiger partial charge in [0.2, 0.25) is 5.88 Å². The van der Waals surface area contributed by atoms with E-state index in [1.165, 1.54) is 35.8 Å². The fourth-order valence-electron chi connectivity index (χ4n) is 3.59. The lowest BCUT2D eigenvalue weighted by molar-refractivity contribution is -0.380. The van der Waals surface area contributed by atoms with Crippen LogP contribution in [0, 0.1) is 10.1 Å². The molecular weight excluding hydrogens is 601 g/mol. The molecule has 38 heavy (non-hydrogen) atoms. The highest BCUT2D eigenvalue weighted by molar-refractivity contribution is 7.87. The van der Waals surface area contributed by atoms with Gasteiger partial charge in [-0.2, -0.15) is 8.42 Å². The Balaban J connectivity index is 1.92. The number of alkyl halides is 2. The molecule has 0 amide bonds. The number of nitrogens with zero attached hydrogens (tertiary/aromatic N) is 3. The van der Waals surface area contributed by atoms with Crippen molar-refractivity contribution in [3.05, 3.63) is 74.2 Å². The second kappa shape index (κ2) is 14.2. The molecule has 1 aromatic carbocycles. The normalized spacial score (nSPS) is 12.2. The third-order valence-corrected chi connectivity index (χ3v) is 8.31. The number of aliphatic hydroxyl groups is 1. The smallest absolute Gasteiger partial charge is 0.328 e. The monoisotopic (exact) mass is 623 g/mol. The Labute approximate surface area is 239 Å². The van der Waals surface area contributed by atoms with E-state index in [-0.39, 0.29) is 46.9 Å². The van der Waals surface area contributed by atoms with Gasteiger partial charge in [0.15, 0.2) is 0 Å². The maximum atomic E-state index is 13.5. The standard InChI is InChI=1S/C23H24Cl3N3O7S2/c24-6-8-28(9-7-25)17-1-3-18(4-2-17)36-38(33,34)21(19-5-12-37-23(19)29(31)32)14-16-13-20(26)22(27-15-16)35-11-10-30/h1-5,12-13,15,21,30H,6-11,14H2. The summed E-state index contributed by atoms with van der Waals surface area (Å²) in [6.07, 6.45) is 1.15. The first-order valence-electron chi connectivity index (χ1n) is 11.2. The van der Waals surface area contributed by atoms with Gasteiger partial charge >= 0.3 is 15.1 Å². The molecule has 0 saturated heterocycles. The molecule has 1 N–H and O–H groups in total. The fourth-order valence-corrected chi connectivity index (χ4v) is 6.49. The van der Waals surface area contributed by atoms with Crippen molar-refractivity contribution in [2.45, 2.75) is 11.7 Å². The van der Waals surface area contributed by atoms with Gasteiger partial charge in [0, 0.05) is 36.7 Å². The molecule has 0 spiro atoms. The van der Waals surface area contributed by atoms with Gasteiger partial charge in [-0.1, -0.05) is 22.9 Å². The van der Waals surface area contributed by atoms with Crippen LogP contribution in [0.2, 0.25) is 5.02 Å². The van der Waals surface area contributed by atoms with Crippen LogP contribution in [0.3, 0.4) is 0 Å². The molecule has 0 aliphatic rings. The lowest BCUT2D eigenvalue weighted by Gasteiger charge is -2.23. The fraction of sp³-hybridized carbons (Fsp3) is 0.348. The Morgan fingerprint density at radius 1 is 1.16 bits per heavy atom. The van der Waals surface area contributed by atoms with Gasteiger partial charge in [-0.25, -0.2) is 4.98 Å². The third-order valence-electron chi connectivity index (χ3n) is 5.27. The van der Waals surface area contributed by atoms with Crippen molar-refractivity contribution in [1.29, 1.82) is 0 Å². The highest BCUT2D eigenvalue weighted by atomic mass is 35.5. The average Bonchev–Trinajstić information content (AvgIpc) is 3.37. The van der Waals surface area contributed by atoms with E-state index in [9.17, 15) is 18.5 Å². The molecule has 2 heterocycles. The van der Waals surface area contributed by atoms with Crippen molar-refractivity contribution in [2.24, 2.45) is 0 Å². The zero-order valence-electron chi connectivity index (χ0n) is 19.8. The largest absolute Gasteiger partial charge is 0.474 e. The summed E-state index contributed by atoms with van der Waals surface area (Å²) >= 11 is 18.7. The minimum absolute atomic E-state index is 0.0104. The van der Waals surface area contributed by atoms with Gasteiger partial charge in [-0.05, 0) is 53.8 Å². The molecule has 3 rings (SSSR count). The van der Waals surface area contributed by atoms with E-state index in [0.717, 1.165) is 17.0 Å². The Kier molecular flexibility index (Phi) is 11.2. The summed E-state index contributed by atoms with van der Waals surface area (Å²) in [5, 5.41) is 20.4. The Morgan fingerprint density at radius 3 is 2.42 bits per heavy atom. The predicted octanol–water partition coefficient (Wildman–Crippen LogP) is 5.05. The van der Waals surface area contributed by atoms with Gasteiger partial charge in [-0.3, -0.25) is 10.1 Å². The third kappa shape index (κ3) is 7.84. The molecule has 0 aliphatic carbocycles. The van der Waals surface area contributed by atoms with Crippen LogP contribution >= 0.6 is 46.1 Å². The number of benzene rings is 1. The number of ether oxygens (including phenoxy) is 1. The lowest BCUT2D eigenvalue weighted by atomic mass is 10.1. The zero-order chi connectivity index (χ0) is 27.7. The van der Waals surface area contributed by atoms with E-state index in [0.29, 0.717) is 30.4 Å². The van der Waals surface area contributed by atoms with Crippen molar-refractivity contribution in [3.8, 4) is 11.6 Å². The quantitative estimate of drug-likeness (QED) is 0.107. The predicted molar refractivity (Wildman–Crippen MR) is 149 cm³/mol. The Bertz CT molecular complexity index is 1320. The number of aromatic nitrogens is 1. The number of anilines is 1. The molecule has 10 nitrogen and oxygen atoms in total. The summed E-state index contributed by atoms with van der Waals surface area (Å²) in [6.45, 7) is 0.845. The summed E-state index contributed by atoms with van der Waals surface area (Å²) in [6, 6.07) is 9.20. The van der Waals surface area contributed by atoms with Gasteiger partial charge in [0.25, 0.3) is 0 Å². The number of halogens is 3. The number of hydrogen-bond acceptors (Lipinski definition) is 10. The van der Waals surface area contributed by atoms with Crippen molar-refractivity contribution in [2.75, 3.05) is 43.0 Å². The number of pyridine rings is 1. The van der Waals surface area contributed by atoms with Crippen molar-refractivity contribution in [1.82, 2.24) is 4.98 Å². The topological polar surface area (TPSA) is 132 Å². The van der Waals surface area contributed by atoms with Gasteiger partial charge in [-0.15, -0.1) is 23.2 Å². The van der Waals surface area contributed by atoms with Crippen molar-refractivity contribution in [3.63, 3.8) is 0 Å². The molecule has 0 fully saturated rings. The van der Waals surface area contributed by atoms with Crippen LogP contribution in [0.25, 0.3) is 0 Å². The molecule has 1 atom stereocenters. The summed E-state index contributed by atoms with van der Waals surface area (Å²) < 4.78 is 37.7. The SMILES string of the molecule is O=[N+]([O-])c1sccc1C(Cc1cnc(OCCO)c(Cl)c1)S(=O)(=O)Oc1ccc(N(CCCl)CCCl)cc1. The zero-order valence-corrected chi connectivity index (χ0v) is 23.7. The van der Waals surface area contributed by atoms with Crippen LogP contribution < -0.4 is 13.8 Å². The van der Waals surface area contributed by atoms with Gasteiger partial charge < -0.3 is 18.9 Å². The summed E-state index contributed by atoms with van der Waals surface area (Å²) in [5.41, 5.74) is 1.16. The van der Waals surface area contributed by atoms with Crippen molar-refractivity contribution >= 4 is 66.9 Å². The number of thiophene rings is 1. The second-order valence-corrected chi connectivity index (χ2v) is 11.5. The summed E-state index contributed by atoms with van der Waals surface area (Å²) in [7, 11) is -4.43. The van der Waals surface area contributed by atoms with Crippen LogP contribution in [0.15, 0.2) is 48.0 Å². The van der Waals surface area contributed by atoms with Crippen LogP contribution in [-0.4, -0.2) is 61.5 Å². The lowest BCUT2D eigenvalue weighted by Crippen LogP contribution is -2.27. The van der Waals surface area contributed by atoms with Gasteiger partial charge in [0.05, 0.1) is 17.1 Å². The first-order valence-corrected chi connectivity index (χ1v) is 15.0. The van der Waals surface area contributed by atoms with E-state index in [1.54, 1.807) is 12.1 Å². The average molecular weight is 625 g/mol. The van der Waals surface area contributed by atoms with Crippen LogP contribution in [0.5, 0.6) is 11.6 Å².